The molecule has 3 rings (SSSR count). The SMILES string of the molecule is NC(CC(=O)Nc1cccc(C(=O)NC2CC2)c1)C1CC1. The van der Waals surface area contributed by atoms with E-state index in [-0.39, 0.29) is 17.9 Å². The monoisotopic (exact) mass is 287 g/mol. The van der Waals surface area contributed by atoms with Crippen LogP contribution in [0.4, 0.5) is 5.69 Å². The summed E-state index contributed by atoms with van der Waals surface area (Å²) in [4.78, 5) is 23.9. The molecule has 2 aliphatic carbocycles. The Labute approximate surface area is 124 Å². The number of nitrogens with one attached hydrogen (secondary N) is 2. The molecule has 1 atom stereocenters. The number of hydrogen-bond donors (Lipinski definition) is 3. The fourth-order valence-electron chi connectivity index (χ4n) is 2.35. The summed E-state index contributed by atoms with van der Waals surface area (Å²) in [5, 5.41) is 5.76. The molecule has 0 saturated heterocycles. The number of hydrogen-bond acceptors (Lipinski definition) is 3. The van der Waals surface area contributed by atoms with Gasteiger partial charge in [-0.2, -0.15) is 0 Å². The lowest BCUT2D eigenvalue weighted by Gasteiger charge is -2.11. The van der Waals surface area contributed by atoms with E-state index >= 15 is 0 Å². The predicted molar refractivity (Wildman–Crippen MR) is 80.9 cm³/mol. The van der Waals surface area contributed by atoms with Crippen molar-refractivity contribution in [1.82, 2.24) is 5.32 Å². The first-order chi connectivity index (χ1) is 10.1. The Morgan fingerprint density at radius 2 is 2.00 bits per heavy atom. The smallest absolute Gasteiger partial charge is 0.251 e. The van der Waals surface area contributed by atoms with Gasteiger partial charge in [0.15, 0.2) is 0 Å². The fourth-order valence-corrected chi connectivity index (χ4v) is 2.35. The van der Waals surface area contributed by atoms with Crippen LogP contribution in [0.2, 0.25) is 0 Å². The minimum atomic E-state index is -0.0887. The van der Waals surface area contributed by atoms with Gasteiger partial charge in [-0.1, -0.05) is 6.07 Å². The van der Waals surface area contributed by atoms with Gasteiger partial charge in [-0.3, -0.25) is 9.59 Å². The van der Waals surface area contributed by atoms with Gasteiger partial charge in [0.05, 0.1) is 0 Å². The van der Waals surface area contributed by atoms with Crippen LogP contribution in [0, 0.1) is 5.92 Å². The van der Waals surface area contributed by atoms with E-state index in [0.717, 1.165) is 25.7 Å². The predicted octanol–water partition coefficient (Wildman–Crippen LogP) is 1.64. The summed E-state index contributed by atoms with van der Waals surface area (Å²) in [5.74, 6) is 0.337. The van der Waals surface area contributed by atoms with Crippen LogP contribution in [0.1, 0.15) is 42.5 Å². The Morgan fingerprint density at radius 1 is 1.24 bits per heavy atom. The van der Waals surface area contributed by atoms with Crippen LogP contribution >= 0.6 is 0 Å². The van der Waals surface area contributed by atoms with Gasteiger partial charge >= 0.3 is 0 Å². The Morgan fingerprint density at radius 3 is 2.67 bits per heavy atom. The van der Waals surface area contributed by atoms with Gasteiger partial charge in [-0.05, 0) is 49.8 Å². The van der Waals surface area contributed by atoms with Crippen LogP contribution in [0.5, 0.6) is 0 Å². The molecular formula is C16H21N3O2. The van der Waals surface area contributed by atoms with Gasteiger partial charge in [0.2, 0.25) is 5.91 Å². The second-order valence-corrected chi connectivity index (χ2v) is 6.08. The topological polar surface area (TPSA) is 84.2 Å². The Kier molecular flexibility index (Phi) is 3.92. The number of nitrogens with two attached hydrogens (primary N) is 1. The van der Waals surface area contributed by atoms with Crippen LogP contribution in [0.3, 0.4) is 0 Å². The van der Waals surface area contributed by atoms with Crippen molar-refractivity contribution >= 4 is 17.5 Å². The van der Waals surface area contributed by atoms with Crippen LogP contribution in [0.25, 0.3) is 0 Å². The molecule has 4 N–H and O–H groups in total. The highest BCUT2D eigenvalue weighted by molar-refractivity contribution is 5.97. The zero-order valence-corrected chi connectivity index (χ0v) is 12.0. The van der Waals surface area contributed by atoms with E-state index < -0.39 is 0 Å². The van der Waals surface area contributed by atoms with E-state index in [0.29, 0.717) is 29.6 Å². The highest BCUT2D eigenvalue weighted by Gasteiger charge is 2.29. The van der Waals surface area contributed by atoms with Gasteiger partial charge in [-0.25, -0.2) is 0 Å². The molecule has 0 radical (unpaired) electrons. The van der Waals surface area contributed by atoms with Crippen molar-refractivity contribution in [3.63, 3.8) is 0 Å². The number of rotatable bonds is 6. The van der Waals surface area contributed by atoms with Gasteiger partial charge in [0.1, 0.15) is 0 Å². The summed E-state index contributed by atoms with van der Waals surface area (Å²) in [6.45, 7) is 0. The van der Waals surface area contributed by atoms with Crippen LogP contribution in [-0.2, 0) is 4.79 Å². The van der Waals surface area contributed by atoms with Crippen molar-refractivity contribution in [2.75, 3.05) is 5.32 Å². The number of carbonyl (C=O) groups excluding carboxylic acids is 2. The first-order valence-corrected chi connectivity index (χ1v) is 7.58. The summed E-state index contributed by atoms with van der Waals surface area (Å²) >= 11 is 0. The van der Waals surface area contributed by atoms with Crippen molar-refractivity contribution in [3.8, 4) is 0 Å². The van der Waals surface area contributed by atoms with Gasteiger partial charge in [0, 0.05) is 29.8 Å². The number of carbonyl (C=O) groups is 2. The van der Waals surface area contributed by atoms with Crippen LogP contribution < -0.4 is 16.4 Å². The highest BCUT2D eigenvalue weighted by Crippen LogP contribution is 2.32. The van der Waals surface area contributed by atoms with E-state index in [1.165, 1.54) is 0 Å². The lowest BCUT2D eigenvalue weighted by Crippen LogP contribution is -2.29. The summed E-state index contributed by atoms with van der Waals surface area (Å²) < 4.78 is 0. The highest BCUT2D eigenvalue weighted by atomic mass is 16.2. The van der Waals surface area contributed by atoms with Crippen molar-refractivity contribution in [2.45, 2.75) is 44.2 Å². The lowest BCUT2D eigenvalue weighted by atomic mass is 10.1. The summed E-state index contributed by atoms with van der Waals surface area (Å²) in [6, 6.07) is 7.30. The van der Waals surface area contributed by atoms with E-state index in [2.05, 4.69) is 10.6 Å². The number of anilines is 1. The molecule has 0 spiro atoms. The zero-order chi connectivity index (χ0) is 14.8. The Bertz CT molecular complexity index is 550. The maximum absolute atomic E-state index is 12.0. The molecule has 21 heavy (non-hydrogen) atoms. The molecule has 0 bridgehead atoms. The summed E-state index contributed by atoms with van der Waals surface area (Å²) in [5.41, 5.74) is 7.17. The van der Waals surface area contributed by atoms with Gasteiger partial charge < -0.3 is 16.4 Å². The van der Waals surface area contributed by atoms with Crippen molar-refractivity contribution < 1.29 is 9.59 Å². The van der Waals surface area contributed by atoms with E-state index in [9.17, 15) is 9.59 Å². The first kappa shape index (κ1) is 14.1. The molecule has 2 amide bonds. The van der Waals surface area contributed by atoms with Crippen molar-refractivity contribution in [2.24, 2.45) is 11.7 Å². The molecule has 1 unspecified atom stereocenters. The number of amides is 2. The fraction of sp³-hybridized carbons (Fsp3) is 0.500. The van der Waals surface area contributed by atoms with Crippen molar-refractivity contribution in [3.05, 3.63) is 29.8 Å². The normalized spacial score (nSPS) is 18.9. The molecule has 1 aromatic carbocycles. The van der Waals surface area contributed by atoms with Crippen molar-refractivity contribution in [1.29, 1.82) is 0 Å². The minimum absolute atomic E-state index is 0.0497. The largest absolute Gasteiger partial charge is 0.349 e. The van der Waals surface area contributed by atoms with Gasteiger partial charge in [0.25, 0.3) is 5.91 Å². The molecule has 2 saturated carbocycles. The van der Waals surface area contributed by atoms with E-state index in [1.54, 1.807) is 24.3 Å². The zero-order valence-electron chi connectivity index (χ0n) is 12.0. The molecule has 5 heteroatoms. The lowest BCUT2D eigenvalue weighted by molar-refractivity contribution is -0.116. The molecule has 0 aliphatic heterocycles. The van der Waals surface area contributed by atoms with E-state index in [4.69, 9.17) is 5.73 Å². The number of benzene rings is 1. The molecule has 0 heterocycles. The average molecular weight is 287 g/mol. The standard InChI is InChI=1S/C16H21N3O2/c17-14(10-4-5-10)9-15(20)18-13-3-1-2-11(8-13)16(21)19-12-6-7-12/h1-3,8,10,12,14H,4-7,9,17H2,(H,18,20)(H,19,21). The third-order valence-corrected chi connectivity index (χ3v) is 3.97. The molecule has 2 aliphatic rings. The maximum Gasteiger partial charge on any atom is 0.251 e. The molecular weight excluding hydrogens is 266 g/mol. The molecule has 112 valence electrons. The minimum Gasteiger partial charge on any atom is -0.349 e. The van der Waals surface area contributed by atoms with Gasteiger partial charge in [-0.15, -0.1) is 0 Å². The third kappa shape index (κ3) is 4.04. The maximum atomic E-state index is 12.0. The molecule has 2 fully saturated rings. The second kappa shape index (κ2) is 5.85. The molecule has 0 aromatic heterocycles. The summed E-state index contributed by atoms with van der Waals surface area (Å²) in [7, 11) is 0. The van der Waals surface area contributed by atoms with Crippen LogP contribution in [-0.4, -0.2) is 23.9 Å². The molecule has 5 nitrogen and oxygen atoms in total. The molecule has 1 aromatic rings. The van der Waals surface area contributed by atoms with E-state index in [1.807, 2.05) is 0 Å². The first-order valence-electron chi connectivity index (χ1n) is 7.58. The average Bonchev–Trinajstić information content (AvgIpc) is 3.32. The Balaban J connectivity index is 1.56. The summed E-state index contributed by atoms with van der Waals surface area (Å²) in [6.07, 6.45) is 4.71. The Hall–Kier alpha value is -1.88. The third-order valence-electron chi connectivity index (χ3n) is 3.97. The second-order valence-electron chi connectivity index (χ2n) is 6.08. The quantitative estimate of drug-likeness (QED) is 0.743. The van der Waals surface area contributed by atoms with Crippen LogP contribution in [0.15, 0.2) is 24.3 Å².